The summed E-state index contributed by atoms with van der Waals surface area (Å²) in [4.78, 5) is 26.3. The molecule has 200 valence electrons. The first-order valence-corrected chi connectivity index (χ1v) is 13.5. The van der Waals surface area contributed by atoms with Gasteiger partial charge in [-0.15, -0.1) is 0 Å². The number of carbonyl (C=O) groups excluding carboxylic acids is 1. The van der Waals surface area contributed by atoms with Crippen LogP contribution in [0.3, 0.4) is 0 Å². The third-order valence-electron chi connectivity index (χ3n) is 6.90. The van der Waals surface area contributed by atoms with E-state index in [0.717, 1.165) is 17.7 Å². The van der Waals surface area contributed by atoms with Crippen molar-refractivity contribution in [2.24, 2.45) is 0 Å². The number of amides is 1. The molecule has 0 saturated heterocycles. The lowest BCUT2D eigenvalue weighted by atomic mass is 9.85. The van der Waals surface area contributed by atoms with Crippen LogP contribution >= 0.6 is 23.2 Å². The van der Waals surface area contributed by atoms with E-state index < -0.39 is 11.6 Å². The van der Waals surface area contributed by atoms with Crippen LogP contribution in [0.5, 0.6) is 5.75 Å². The van der Waals surface area contributed by atoms with Gasteiger partial charge < -0.3 is 14.7 Å². The van der Waals surface area contributed by atoms with E-state index >= 15 is 0 Å². The molecule has 0 unspecified atom stereocenters. The molecule has 3 aromatic carbocycles. The Morgan fingerprint density at radius 2 is 1.76 bits per heavy atom. The number of rotatable bonds is 8. The molecular formula is C31H33Cl2NO4. The molecule has 7 heteroatoms. The SMILES string of the molecule is CC(C)(C)c1ccc(C[C@]2(C)Cc3cc(C(=O)N(CCC(=O)O)Cc4cccc(Cl)c4Cl)ccc3O2)cc1. The van der Waals surface area contributed by atoms with E-state index in [-0.39, 0.29) is 30.8 Å². The van der Waals surface area contributed by atoms with E-state index in [9.17, 15) is 14.7 Å². The summed E-state index contributed by atoms with van der Waals surface area (Å²) in [6.07, 6.45) is 1.23. The highest BCUT2D eigenvalue weighted by atomic mass is 35.5. The molecule has 0 spiro atoms. The minimum absolute atomic E-state index is 0.0485. The molecule has 38 heavy (non-hydrogen) atoms. The van der Waals surface area contributed by atoms with Crippen LogP contribution in [0.1, 0.15) is 66.7 Å². The Balaban J connectivity index is 1.52. The number of nitrogens with zero attached hydrogens (tertiary/aromatic N) is 1. The second kappa shape index (κ2) is 11.0. The fraction of sp³-hybridized carbons (Fsp3) is 0.355. The topological polar surface area (TPSA) is 66.8 Å². The Labute approximate surface area is 234 Å². The minimum atomic E-state index is -0.978. The molecule has 4 rings (SSSR count). The Morgan fingerprint density at radius 3 is 2.42 bits per heavy atom. The van der Waals surface area contributed by atoms with Crippen molar-refractivity contribution < 1.29 is 19.4 Å². The Bertz CT molecular complexity index is 1350. The summed E-state index contributed by atoms with van der Waals surface area (Å²) in [7, 11) is 0. The number of ether oxygens (including phenoxy) is 1. The maximum atomic E-state index is 13.5. The zero-order valence-electron chi connectivity index (χ0n) is 22.2. The van der Waals surface area contributed by atoms with Crippen LogP contribution in [-0.2, 0) is 29.6 Å². The molecule has 1 heterocycles. The van der Waals surface area contributed by atoms with Crippen molar-refractivity contribution in [2.45, 2.75) is 64.5 Å². The maximum absolute atomic E-state index is 13.5. The van der Waals surface area contributed by atoms with Gasteiger partial charge in [-0.05, 0) is 58.9 Å². The zero-order chi connectivity index (χ0) is 27.7. The summed E-state index contributed by atoms with van der Waals surface area (Å²) in [6.45, 7) is 8.89. The van der Waals surface area contributed by atoms with Crippen molar-refractivity contribution in [3.63, 3.8) is 0 Å². The molecule has 1 aliphatic heterocycles. The fourth-order valence-electron chi connectivity index (χ4n) is 4.85. The normalized spacial score (nSPS) is 16.6. The van der Waals surface area contributed by atoms with Crippen LogP contribution < -0.4 is 4.74 Å². The van der Waals surface area contributed by atoms with E-state index in [1.165, 1.54) is 16.0 Å². The monoisotopic (exact) mass is 553 g/mol. The van der Waals surface area contributed by atoms with Gasteiger partial charge in [-0.25, -0.2) is 0 Å². The summed E-state index contributed by atoms with van der Waals surface area (Å²) >= 11 is 12.5. The van der Waals surface area contributed by atoms with Gasteiger partial charge >= 0.3 is 5.97 Å². The van der Waals surface area contributed by atoms with E-state index in [4.69, 9.17) is 27.9 Å². The van der Waals surface area contributed by atoms with Gasteiger partial charge in [0.05, 0.1) is 16.5 Å². The lowest BCUT2D eigenvalue weighted by Gasteiger charge is -2.25. The molecule has 5 nitrogen and oxygen atoms in total. The number of carboxylic acids is 1. The Hall–Kier alpha value is -3.02. The van der Waals surface area contributed by atoms with Gasteiger partial charge in [0.2, 0.25) is 0 Å². The average molecular weight is 555 g/mol. The third kappa shape index (κ3) is 6.51. The van der Waals surface area contributed by atoms with Crippen LogP contribution in [0.4, 0.5) is 0 Å². The Kier molecular flexibility index (Phi) is 8.10. The van der Waals surface area contributed by atoms with E-state index in [0.29, 0.717) is 27.6 Å². The van der Waals surface area contributed by atoms with Crippen LogP contribution in [0.15, 0.2) is 60.7 Å². The number of hydrogen-bond acceptors (Lipinski definition) is 3. The standard InChI is InChI=1S/C31H33Cl2NO4/c1-30(2,3)24-11-8-20(9-12-24)17-31(4)18-23-16-21(10-13-26(23)38-31)29(37)34(15-14-27(35)36)19-22-6-5-7-25(32)28(22)33/h5-13,16H,14-15,17-19H2,1-4H3,(H,35,36)/t31-/m1/s1. The molecule has 1 aliphatic rings. The van der Waals surface area contributed by atoms with Crippen LogP contribution in [-0.4, -0.2) is 34.0 Å². The van der Waals surface area contributed by atoms with E-state index in [1.54, 1.807) is 24.3 Å². The summed E-state index contributed by atoms with van der Waals surface area (Å²) in [5.74, 6) is -0.476. The third-order valence-corrected chi connectivity index (χ3v) is 7.76. The van der Waals surface area contributed by atoms with Crippen molar-refractivity contribution in [2.75, 3.05) is 6.54 Å². The number of benzene rings is 3. The van der Waals surface area contributed by atoms with Crippen molar-refractivity contribution in [3.05, 3.63) is 98.5 Å². The van der Waals surface area contributed by atoms with Gasteiger partial charge in [-0.3, -0.25) is 9.59 Å². The molecule has 0 fully saturated rings. The number of halogens is 2. The molecule has 0 radical (unpaired) electrons. The van der Waals surface area contributed by atoms with Gasteiger partial charge in [0.1, 0.15) is 11.4 Å². The highest BCUT2D eigenvalue weighted by Crippen LogP contribution is 2.38. The average Bonchev–Trinajstić information content (AvgIpc) is 3.18. The van der Waals surface area contributed by atoms with Crippen molar-refractivity contribution in [3.8, 4) is 5.75 Å². The van der Waals surface area contributed by atoms with Crippen LogP contribution in [0, 0.1) is 0 Å². The molecule has 0 aromatic heterocycles. The smallest absolute Gasteiger partial charge is 0.305 e. The van der Waals surface area contributed by atoms with Crippen LogP contribution in [0.2, 0.25) is 10.0 Å². The quantitative estimate of drug-likeness (QED) is 0.316. The lowest BCUT2D eigenvalue weighted by Crippen LogP contribution is -2.33. The summed E-state index contributed by atoms with van der Waals surface area (Å²) in [5, 5.41) is 9.98. The first-order valence-electron chi connectivity index (χ1n) is 12.7. The van der Waals surface area contributed by atoms with Crippen molar-refractivity contribution in [1.29, 1.82) is 0 Å². The molecular weight excluding hydrogens is 521 g/mol. The zero-order valence-corrected chi connectivity index (χ0v) is 23.7. The molecule has 0 bridgehead atoms. The summed E-state index contributed by atoms with van der Waals surface area (Å²) in [6, 6.07) is 19.3. The van der Waals surface area contributed by atoms with Crippen molar-refractivity contribution in [1.82, 2.24) is 4.90 Å². The second-order valence-corrected chi connectivity index (χ2v) is 12.0. The van der Waals surface area contributed by atoms with Gasteiger partial charge in [0, 0.05) is 31.5 Å². The van der Waals surface area contributed by atoms with Gasteiger partial charge in [0.25, 0.3) is 5.91 Å². The fourth-order valence-corrected chi connectivity index (χ4v) is 5.23. The number of aliphatic carboxylic acids is 1. The second-order valence-electron chi connectivity index (χ2n) is 11.3. The first kappa shape index (κ1) is 28.0. The molecule has 0 aliphatic carbocycles. The van der Waals surface area contributed by atoms with Gasteiger partial charge in [-0.2, -0.15) is 0 Å². The van der Waals surface area contributed by atoms with Gasteiger partial charge in [-0.1, -0.05) is 80.4 Å². The maximum Gasteiger partial charge on any atom is 0.305 e. The number of fused-ring (bicyclic) bond motifs is 1. The molecule has 1 N–H and O–H groups in total. The highest BCUT2D eigenvalue weighted by molar-refractivity contribution is 6.42. The number of carbonyl (C=O) groups is 2. The summed E-state index contributed by atoms with van der Waals surface area (Å²) < 4.78 is 6.36. The largest absolute Gasteiger partial charge is 0.487 e. The highest BCUT2D eigenvalue weighted by Gasteiger charge is 2.35. The number of carboxylic acid groups (broad SMARTS) is 1. The predicted molar refractivity (Wildman–Crippen MR) is 151 cm³/mol. The minimum Gasteiger partial charge on any atom is -0.487 e. The summed E-state index contributed by atoms with van der Waals surface area (Å²) in [5.41, 5.74) is 4.26. The van der Waals surface area contributed by atoms with E-state index in [2.05, 4.69) is 52.0 Å². The van der Waals surface area contributed by atoms with Crippen LogP contribution in [0.25, 0.3) is 0 Å². The van der Waals surface area contributed by atoms with E-state index in [1.807, 2.05) is 12.1 Å². The molecule has 3 aromatic rings. The predicted octanol–water partition coefficient (Wildman–Crippen LogP) is 7.34. The molecule has 1 amide bonds. The Morgan fingerprint density at radius 1 is 1.05 bits per heavy atom. The van der Waals surface area contributed by atoms with Crippen molar-refractivity contribution >= 4 is 35.1 Å². The lowest BCUT2D eigenvalue weighted by molar-refractivity contribution is -0.137. The van der Waals surface area contributed by atoms with Gasteiger partial charge in [0.15, 0.2) is 0 Å². The number of hydrogen-bond donors (Lipinski definition) is 1. The molecule has 1 atom stereocenters. The molecule has 0 saturated carbocycles. The first-order chi connectivity index (χ1) is 17.8.